The van der Waals surface area contributed by atoms with E-state index in [0.717, 1.165) is 6.07 Å². The third-order valence-corrected chi connectivity index (χ3v) is 2.77. The third kappa shape index (κ3) is 4.52. The fourth-order valence-electron chi connectivity index (χ4n) is 1.26. The van der Waals surface area contributed by atoms with Gasteiger partial charge in [-0.15, -0.1) is 0 Å². The van der Waals surface area contributed by atoms with Gasteiger partial charge in [0.15, 0.2) is 0 Å². The highest BCUT2D eigenvalue weighted by atomic mass is 79.9. The van der Waals surface area contributed by atoms with Gasteiger partial charge in [-0.2, -0.15) is 13.2 Å². The Balaban J connectivity index is 2.83. The summed E-state index contributed by atoms with van der Waals surface area (Å²) >= 11 is 2.87. The minimum Gasteiger partial charge on any atom is -0.353 e. The summed E-state index contributed by atoms with van der Waals surface area (Å²) in [5.74, 6) is -0.188. The van der Waals surface area contributed by atoms with Gasteiger partial charge in [0, 0.05) is 17.9 Å². The van der Waals surface area contributed by atoms with Gasteiger partial charge in [-0.3, -0.25) is 4.79 Å². The van der Waals surface area contributed by atoms with Gasteiger partial charge in [-0.05, 0) is 17.7 Å². The number of rotatable bonds is 3. The predicted octanol–water partition coefficient (Wildman–Crippen LogP) is 3.62. The van der Waals surface area contributed by atoms with Gasteiger partial charge >= 0.3 is 6.18 Å². The van der Waals surface area contributed by atoms with Crippen molar-refractivity contribution >= 4 is 27.9 Å². The van der Waals surface area contributed by atoms with Gasteiger partial charge in [-0.25, -0.2) is 0 Å². The molecule has 1 rings (SSSR count). The van der Waals surface area contributed by atoms with Crippen molar-refractivity contribution < 1.29 is 18.0 Å². The van der Waals surface area contributed by atoms with Crippen LogP contribution < -0.4 is 5.32 Å². The Morgan fingerprint density at radius 1 is 1.44 bits per heavy atom. The van der Waals surface area contributed by atoms with E-state index >= 15 is 0 Å². The normalized spacial score (nSPS) is 11.8. The van der Waals surface area contributed by atoms with Crippen LogP contribution in [0.1, 0.15) is 18.1 Å². The quantitative estimate of drug-likeness (QED) is 0.905. The van der Waals surface area contributed by atoms with Crippen molar-refractivity contribution in [3.8, 4) is 0 Å². The molecule has 1 amide bonds. The highest BCUT2D eigenvalue weighted by Crippen LogP contribution is 2.35. The largest absolute Gasteiger partial charge is 0.417 e. The van der Waals surface area contributed by atoms with Crippen LogP contribution in [0.4, 0.5) is 13.2 Å². The van der Waals surface area contributed by atoms with E-state index in [9.17, 15) is 18.0 Å². The molecular formula is C12H11BrF3NO. The predicted molar refractivity (Wildman–Crippen MR) is 66.9 cm³/mol. The molecule has 0 radical (unpaired) electrons. The van der Waals surface area contributed by atoms with Gasteiger partial charge < -0.3 is 5.32 Å². The molecule has 0 saturated carbocycles. The molecule has 1 N–H and O–H groups in total. The molecule has 0 heterocycles. The monoisotopic (exact) mass is 321 g/mol. The first kappa shape index (κ1) is 14.8. The van der Waals surface area contributed by atoms with Crippen LogP contribution in [0, 0.1) is 0 Å². The summed E-state index contributed by atoms with van der Waals surface area (Å²) in [6.07, 6.45) is -1.28. The Morgan fingerprint density at radius 3 is 2.67 bits per heavy atom. The molecule has 0 fully saturated rings. The first-order valence-corrected chi connectivity index (χ1v) is 5.87. The molecule has 6 heteroatoms. The molecule has 1 aromatic carbocycles. The molecule has 98 valence electrons. The lowest BCUT2D eigenvalue weighted by Crippen LogP contribution is -2.19. The van der Waals surface area contributed by atoms with Crippen molar-refractivity contribution in [1.82, 2.24) is 5.32 Å². The minimum absolute atomic E-state index is 0.00834. The fourth-order valence-corrected chi connectivity index (χ4v) is 1.73. The highest BCUT2D eigenvalue weighted by molar-refractivity contribution is 9.10. The van der Waals surface area contributed by atoms with E-state index in [4.69, 9.17) is 0 Å². The van der Waals surface area contributed by atoms with Crippen molar-refractivity contribution in [2.75, 3.05) is 6.54 Å². The second-order valence-electron chi connectivity index (χ2n) is 3.58. The first-order valence-electron chi connectivity index (χ1n) is 5.08. The summed E-state index contributed by atoms with van der Waals surface area (Å²) < 4.78 is 37.8. The maximum Gasteiger partial charge on any atom is 0.417 e. The summed E-state index contributed by atoms with van der Waals surface area (Å²) in [5.41, 5.74) is -0.292. The van der Waals surface area contributed by atoms with Crippen LogP contribution >= 0.6 is 15.9 Å². The number of amides is 1. The molecule has 0 aliphatic carbocycles. The Kier molecular flexibility index (Phi) is 4.95. The molecule has 0 atom stereocenters. The lowest BCUT2D eigenvalue weighted by molar-refractivity contribution is -0.138. The van der Waals surface area contributed by atoms with E-state index in [1.807, 2.05) is 0 Å². The number of alkyl halides is 3. The number of carbonyl (C=O) groups excluding carboxylic acids is 1. The van der Waals surface area contributed by atoms with Crippen molar-refractivity contribution in [1.29, 1.82) is 0 Å². The highest BCUT2D eigenvalue weighted by Gasteiger charge is 2.32. The molecule has 18 heavy (non-hydrogen) atoms. The summed E-state index contributed by atoms with van der Waals surface area (Å²) in [5, 5.41) is 2.51. The molecule has 0 spiro atoms. The Bertz CT molecular complexity index is 469. The zero-order chi connectivity index (χ0) is 13.8. The first-order chi connectivity index (χ1) is 8.30. The molecule has 0 aliphatic heterocycles. The maximum absolute atomic E-state index is 12.6. The molecule has 0 unspecified atom stereocenters. The van der Waals surface area contributed by atoms with E-state index in [2.05, 4.69) is 21.2 Å². The maximum atomic E-state index is 12.6. The molecule has 0 bridgehead atoms. The molecule has 0 saturated heterocycles. The summed E-state index contributed by atoms with van der Waals surface area (Å²) in [6.45, 7) is 1.65. The standard InChI is InChI=1S/C12H11BrF3NO/c1-8(18)17-6-2-3-9-4-5-11(13)10(7-9)12(14,15)16/h2-5,7H,6H2,1H3,(H,17,18). The molecule has 0 aromatic heterocycles. The van der Waals surface area contributed by atoms with Crippen molar-refractivity contribution in [3.63, 3.8) is 0 Å². The number of halogens is 4. The zero-order valence-electron chi connectivity index (χ0n) is 9.51. The number of hydrogen-bond acceptors (Lipinski definition) is 1. The molecule has 2 nitrogen and oxygen atoms in total. The van der Waals surface area contributed by atoms with E-state index in [0.29, 0.717) is 5.56 Å². The number of hydrogen-bond donors (Lipinski definition) is 1. The lowest BCUT2D eigenvalue weighted by Gasteiger charge is -2.09. The zero-order valence-corrected chi connectivity index (χ0v) is 11.1. The van der Waals surface area contributed by atoms with Crippen LogP contribution in [0.15, 0.2) is 28.7 Å². The average Bonchev–Trinajstić information content (AvgIpc) is 2.24. The van der Waals surface area contributed by atoms with Crippen LogP contribution in [0.25, 0.3) is 6.08 Å². The van der Waals surface area contributed by atoms with Crippen LogP contribution in [0.5, 0.6) is 0 Å². The van der Waals surface area contributed by atoms with Crippen LogP contribution in [0.3, 0.4) is 0 Å². The van der Waals surface area contributed by atoms with Crippen LogP contribution in [-0.4, -0.2) is 12.5 Å². The third-order valence-electron chi connectivity index (χ3n) is 2.07. The van der Waals surface area contributed by atoms with E-state index in [1.165, 1.54) is 19.1 Å². The Hall–Kier alpha value is -1.30. The lowest BCUT2D eigenvalue weighted by atomic mass is 10.1. The number of carbonyl (C=O) groups is 1. The minimum atomic E-state index is -4.39. The fraction of sp³-hybridized carbons (Fsp3) is 0.250. The average molecular weight is 322 g/mol. The number of nitrogens with one attached hydrogen (secondary N) is 1. The SMILES string of the molecule is CC(=O)NCC=Cc1ccc(Br)c(C(F)(F)F)c1. The van der Waals surface area contributed by atoms with Crippen molar-refractivity contribution in [3.05, 3.63) is 39.9 Å². The second-order valence-corrected chi connectivity index (χ2v) is 4.43. The van der Waals surface area contributed by atoms with Gasteiger partial charge in [-0.1, -0.05) is 34.1 Å². The molecule has 0 aliphatic rings. The molecular weight excluding hydrogens is 311 g/mol. The van der Waals surface area contributed by atoms with Gasteiger partial charge in [0.05, 0.1) is 5.56 Å². The van der Waals surface area contributed by atoms with E-state index < -0.39 is 11.7 Å². The van der Waals surface area contributed by atoms with Gasteiger partial charge in [0.25, 0.3) is 0 Å². The summed E-state index contributed by atoms with van der Waals surface area (Å²) in [4.78, 5) is 10.6. The smallest absolute Gasteiger partial charge is 0.353 e. The summed E-state index contributed by atoms with van der Waals surface area (Å²) in [6, 6.07) is 3.96. The van der Waals surface area contributed by atoms with Crippen molar-refractivity contribution in [2.24, 2.45) is 0 Å². The summed E-state index contributed by atoms with van der Waals surface area (Å²) in [7, 11) is 0. The Labute approximate surface area is 111 Å². The topological polar surface area (TPSA) is 29.1 Å². The van der Waals surface area contributed by atoms with E-state index in [-0.39, 0.29) is 16.9 Å². The van der Waals surface area contributed by atoms with E-state index in [1.54, 1.807) is 12.1 Å². The van der Waals surface area contributed by atoms with Gasteiger partial charge in [0.1, 0.15) is 0 Å². The van der Waals surface area contributed by atoms with Crippen molar-refractivity contribution in [2.45, 2.75) is 13.1 Å². The second kappa shape index (κ2) is 6.04. The number of benzene rings is 1. The van der Waals surface area contributed by atoms with Crippen LogP contribution in [-0.2, 0) is 11.0 Å². The Morgan fingerprint density at radius 2 is 2.11 bits per heavy atom. The van der Waals surface area contributed by atoms with Crippen LogP contribution in [0.2, 0.25) is 0 Å². The van der Waals surface area contributed by atoms with Gasteiger partial charge in [0.2, 0.25) is 5.91 Å². The molecule has 1 aromatic rings.